The van der Waals surface area contributed by atoms with Crippen molar-refractivity contribution in [1.29, 1.82) is 0 Å². The SMILES string of the molecule is COc1cc(/C=C/c2cc(OC)cc(OC)c2C(O)c2ccc(OC)cc2OC)cc(OC)c1.COc1ccc(-c2cc3cc(OC)cc(OC)c3c(=O)c3cc(OC)cc(OC)c23)cc1.COc1ccc(CS(=O)(=O)C(c2ccc(OC)cc2)c2c(/C=C/c3cc(OC)cc(OC)c3)cc(OC)cc2OC)cc1.COc1ccc([C@@H]2c3c(OC)cc(OC)cc3[C@@]3(Br)[C@H](c4ccc(OC)cc4)c4c(OC)cc(OC)cc4[C@@H]23)cc1. The first-order chi connectivity index (χ1) is 72.7. The number of methoxy groups -OCH3 is 23. The van der Waals surface area contributed by atoms with Crippen LogP contribution in [-0.4, -0.2) is 177 Å². The number of alkyl halides is 1. The third-order valence-corrected chi connectivity index (χ3v) is 30.0. The minimum atomic E-state index is -3.88. The molecule has 0 heterocycles. The first-order valence-electron chi connectivity index (χ1n) is 47.3. The maximum Gasteiger partial charge on any atom is 0.198 e. The van der Waals surface area contributed by atoms with Gasteiger partial charge in [-0.25, -0.2) is 8.42 Å². The molecular weight excluding hydrogens is 2000 g/mol. The molecule has 0 radical (unpaired) electrons. The number of sulfone groups is 1. The zero-order valence-electron chi connectivity index (χ0n) is 88.0. The molecule has 0 spiro atoms. The summed E-state index contributed by atoms with van der Waals surface area (Å²) < 4.78 is 156. The molecule has 1 N–H and O–H groups in total. The van der Waals surface area contributed by atoms with Crippen molar-refractivity contribution in [3.8, 4) is 143 Å². The Bertz CT molecular complexity index is 7480. The third-order valence-electron chi connectivity index (χ3n) is 26.6. The zero-order chi connectivity index (χ0) is 107. The van der Waals surface area contributed by atoms with Crippen molar-refractivity contribution >= 4 is 71.6 Å². The van der Waals surface area contributed by atoms with Gasteiger partial charge in [-0.3, -0.25) is 4.79 Å². The largest absolute Gasteiger partial charge is 0.497 e. The molecule has 0 aliphatic heterocycles. The van der Waals surface area contributed by atoms with Crippen molar-refractivity contribution in [2.45, 2.75) is 39.2 Å². The molecule has 15 aromatic carbocycles. The van der Waals surface area contributed by atoms with Crippen molar-refractivity contribution in [2.75, 3.05) is 164 Å². The second-order valence-corrected chi connectivity index (χ2v) is 37.8. The number of fused-ring (bicyclic) bond motifs is 7. The summed E-state index contributed by atoms with van der Waals surface area (Å²) in [7, 11) is 33.0. The molecule has 2 aliphatic rings. The van der Waals surface area contributed by atoms with Crippen LogP contribution in [-0.2, 0) is 19.9 Å². The summed E-state index contributed by atoms with van der Waals surface area (Å²) in [6, 6.07) is 79.0. The van der Waals surface area contributed by atoms with Gasteiger partial charge in [-0.05, 0) is 212 Å². The molecule has 0 fully saturated rings. The van der Waals surface area contributed by atoms with Crippen molar-refractivity contribution in [3.63, 3.8) is 0 Å². The Morgan fingerprint density at radius 2 is 0.680 bits per heavy atom. The summed E-state index contributed by atoms with van der Waals surface area (Å²) in [6.45, 7) is 0. The van der Waals surface area contributed by atoms with E-state index in [4.69, 9.17) is 109 Å². The van der Waals surface area contributed by atoms with E-state index in [1.165, 1.54) is 14.2 Å². The number of hydrogen-bond donors (Lipinski definition) is 1. The van der Waals surface area contributed by atoms with Gasteiger partial charge in [0.1, 0.15) is 144 Å². The number of aliphatic hydroxyl groups excluding tert-OH is 1. The standard InChI is InChI=1S/C34H33BrO6.C34H36O8S.C27H30O7.C26H24O6/c1-36-21-11-7-19(8-12-21)29-31-26(16-24(39-4)18-28(31)41-6)34(35)32(20-9-13-22(37-2)14-10-20)30-25(33(29)34)15-23(38-3)17-27(30)40-5;1-37-27-13-8-23(9-14-27)22-43(35,36)34(25-11-15-28(38-2)16-12-25)33-26(19-31(41-5)21-32(33)42-6)10-7-24-17-29(39-3)20-30(18-24)40-4;1-29-19-9-10-23(24(15-19)33-5)27(28)26-18(13-22(32-4)16-25(26)34-6)8-7-17-11-20(30-2)14-21(12-17)31-3;1-28-17-8-6-15(7-9-17)20-11-16-10-18(29-2)13-22(31-4)24(16)26(27)21-12-19(30-3)14-23(32-5)25(20)21/h7-18,29,32-33H,1-6H3;7-21,34H,22H2,1-6H3;7-16,27-28H,1-6H3;6-14H,1-5H3/b;10-7+;8-7+;/t29-,32-,33+,34-;;;/m1.../s1. The van der Waals surface area contributed by atoms with Crippen LogP contribution in [0.1, 0.15) is 113 Å². The Labute approximate surface area is 883 Å². The Hall–Kier alpha value is -16.2. The molecule has 17 rings (SSSR count). The third kappa shape index (κ3) is 23.2. The highest BCUT2D eigenvalue weighted by Gasteiger charge is 2.63. The Balaban J connectivity index is 0.000000159. The highest BCUT2D eigenvalue weighted by atomic mass is 79.9. The summed E-state index contributed by atoms with van der Waals surface area (Å²) in [5.74, 6) is 14.1. The van der Waals surface area contributed by atoms with Crippen molar-refractivity contribution in [3.05, 3.63) is 348 Å². The number of hydrogen-bond acceptors (Lipinski definition) is 27. The molecule has 0 bridgehead atoms. The lowest BCUT2D eigenvalue weighted by molar-refractivity contribution is 0.209. The van der Waals surface area contributed by atoms with Gasteiger partial charge in [0.25, 0.3) is 0 Å². The molecule has 0 aromatic heterocycles. The van der Waals surface area contributed by atoms with Gasteiger partial charge < -0.3 is 114 Å². The van der Waals surface area contributed by atoms with Gasteiger partial charge in [0.2, 0.25) is 0 Å². The van der Waals surface area contributed by atoms with E-state index in [1.807, 2.05) is 127 Å². The van der Waals surface area contributed by atoms with E-state index in [-0.39, 0.29) is 28.9 Å². The van der Waals surface area contributed by atoms with Crippen molar-refractivity contribution in [2.24, 2.45) is 0 Å². The Kier molecular flexibility index (Phi) is 36.1. The second-order valence-electron chi connectivity index (χ2n) is 34.4. The lowest BCUT2D eigenvalue weighted by atomic mass is 9.78. The summed E-state index contributed by atoms with van der Waals surface area (Å²) in [5, 5.41) is 12.7. The molecule has 2 aliphatic carbocycles. The minimum absolute atomic E-state index is 0.0296. The predicted molar refractivity (Wildman–Crippen MR) is 588 cm³/mol. The van der Waals surface area contributed by atoms with Gasteiger partial charge in [-0.15, -0.1) is 0 Å². The van der Waals surface area contributed by atoms with E-state index in [0.29, 0.717) is 152 Å². The van der Waals surface area contributed by atoms with Crippen LogP contribution in [0.2, 0.25) is 0 Å². The first-order valence-corrected chi connectivity index (χ1v) is 49.9. The molecule has 0 saturated heterocycles. The molecule has 150 heavy (non-hydrogen) atoms. The van der Waals surface area contributed by atoms with Crippen LogP contribution in [0, 0.1) is 0 Å². The van der Waals surface area contributed by atoms with Gasteiger partial charge in [0.15, 0.2) is 15.3 Å². The number of halogens is 1. The van der Waals surface area contributed by atoms with E-state index in [9.17, 15) is 18.3 Å². The maximum absolute atomic E-state index is 14.4. The van der Waals surface area contributed by atoms with E-state index < -0.39 is 25.5 Å². The number of aliphatic hydroxyl groups is 1. The van der Waals surface area contributed by atoms with E-state index in [0.717, 1.165) is 95.9 Å². The fourth-order valence-corrected chi connectivity index (χ4v) is 22.6. The van der Waals surface area contributed by atoms with Gasteiger partial charge in [-0.2, -0.15) is 0 Å². The van der Waals surface area contributed by atoms with Gasteiger partial charge >= 0.3 is 0 Å². The van der Waals surface area contributed by atoms with E-state index >= 15 is 0 Å². The molecule has 29 heteroatoms. The van der Waals surface area contributed by atoms with Gasteiger partial charge in [0, 0.05) is 111 Å². The summed E-state index contributed by atoms with van der Waals surface area (Å²) in [6.07, 6.45) is 6.45. The fourth-order valence-electron chi connectivity index (χ4n) is 19.3. The highest BCUT2D eigenvalue weighted by Crippen LogP contribution is 2.75. The topological polar surface area (TPSA) is 284 Å². The van der Waals surface area contributed by atoms with E-state index in [1.54, 1.807) is 265 Å². The predicted octanol–water partition coefficient (Wildman–Crippen LogP) is 24.1. The molecular formula is C121H123BrO27S. The van der Waals surface area contributed by atoms with Gasteiger partial charge in [0.05, 0.1) is 179 Å². The lowest BCUT2D eigenvalue weighted by Crippen LogP contribution is -2.26. The fraction of sp³-hybridized carbons (Fsp3) is 0.248. The lowest BCUT2D eigenvalue weighted by Gasteiger charge is -2.33. The average molecular weight is 2120 g/mol. The summed E-state index contributed by atoms with van der Waals surface area (Å²) >= 11 is 4.43. The molecule has 27 nitrogen and oxygen atoms in total. The summed E-state index contributed by atoms with van der Waals surface area (Å²) in [4.78, 5) is 13.8. The van der Waals surface area contributed by atoms with Gasteiger partial charge in [-0.1, -0.05) is 101 Å². The average Bonchev–Trinajstić information content (AvgIpc) is 1.50. The normalized spacial score (nSPS) is 14.4. The maximum atomic E-state index is 14.4. The smallest absolute Gasteiger partial charge is 0.198 e. The number of rotatable bonds is 37. The zero-order valence-corrected chi connectivity index (χ0v) is 90.4. The molecule has 0 saturated carbocycles. The van der Waals surface area contributed by atoms with E-state index in [2.05, 4.69) is 52.3 Å². The minimum Gasteiger partial charge on any atom is -0.497 e. The Morgan fingerprint density at radius 1 is 0.320 bits per heavy atom. The molecule has 0 amide bonds. The van der Waals surface area contributed by atoms with Crippen LogP contribution in [0.25, 0.3) is 57.0 Å². The van der Waals surface area contributed by atoms with Crippen LogP contribution in [0.3, 0.4) is 0 Å². The first kappa shape index (κ1) is 109. The quantitative estimate of drug-likeness (QED) is 0.0280. The highest BCUT2D eigenvalue weighted by molar-refractivity contribution is 9.09. The number of ether oxygens (including phenoxy) is 23. The number of benzene rings is 14. The summed E-state index contributed by atoms with van der Waals surface area (Å²) in [5.41, 5.74) is 14.2. The monoisotopic (exact) mass is 2120 g/mol. The molecule has 782 valence electrons. The van der Waals surface area contributed by atoms with Crippen LogP contribution < -0.4 is 114 Å². The van der Waals surface area contributed by atoms with Crippen molar-refractivity contribution in [1.82, 2.24) is 0 Å². The van der Waals surface area contributed by atoms with Crippen molar-refractivity contribution < 1.29 is 122 Å². The van der Waals surface area contributed by atoms with Crippen LogP contribution >= 0.6 is 15.9 Å². The molecule has 15 aromatic rings. The Morgan fingerprint density at radius 3 is 1.14 bits per heavy atom. The molecule has 6 atom stereocenters. The molecule has 2 unspecified atom stereocenters. The van der Waals surface area contributed by atoms with Crippen LogP contribution in [0.5, 0.6) is 132 Å². The second kappa shape index (κ2) is 49.5. The van der Waals surface area contributed by atoms with Crippen LogP contribution in [0.4, 0.5) is 0 Å². The van der Waals surface area contributed by atoms with Crippen LogP contribution in [0.15, 0.2) is 260 Å².